The average molecular weight is 279 g/mol. The Morgan fingerprint density at radius 3 is 2.53 bits per heavy atom. The maximum Gasteiger partial charge on any atom is 0.123 e. The van der Waals surface area contributed by atoms with E-state index in [0.29, 0.717) is 11.4 Å². The Labute approximate surface area is 117 Å². The molecule has 2 nitrogen and oxygen atoms in total. The first-order chi connectivity index (χ1) is 9.19. The molecule has 4 heteroatoms. The second-order valence-electron chi connectivity index (χ2n) is 4.49. The fourth-order valence-corrected chi connectivity index (χ4v) is 2.25. The zero-order valence-electron chi connectivity index (χ0n) is 10.4. The van der Waals surface area contributed by atoms with Gasteiger partial charge in [-0.3, -0.25) is 11.3 Å². The van der Waals surface area contributed by atoms with E-state index < -0.39 is 0 Å². The number of halogens is 2. The first kappa shape index (κ1) is 14.0. The number of rotatable bonds is 5. The van der Waals surface area contributed by atoms with E-state index in [2.05, 4.69) is 5.43 Å². The van der Waals surface area contributed by atoms with Gasteiger partial charge in [0.15, 0.2) is 0 Å². The summed E-state index contributed by atoms with van der Waals surface area (Å²) in [5, 5.41) is 0.565. The summed E-state index contributed by atoms with van der Waals surface area (Å²) in [5.41, 5.74) is 4.71. The van der Waals surface area contributed by atoms with Crippen LogP contribution in [0, 0.1) is 5.82 Å². The van der Waals surface area contributed by atoms with Crippen LogP contribution in [0.15, 0.2) is 48.5 Å². The predicted molar refractivity (Wildman–Crippen MR) is 76.4 cm³/mol. The van der Waals surface area contributed by atoms with Gasteiger partial charge >= 0.3 is 0 Å². The SMILES string of the molecule is NNC(Cc1ccccc1)Cc1cc(F)ccc1Cl. The molecule has 0 amide bonds. The van der Waals surface area contributed by atoms with Gasteiger partial charge in [0.25, 0.3) is 0 Å². The summed E-state index contributed by atoms with van der Waals surface area (Å²) in [7, 11) is 0. The minimum Gasteiger partial charge on any atom is -0.271 e. The third-order valence-electron chi connectivity index (χ3n) is 3.03. The summed E-state index contributed by atoms with van der Waals surface area (Å²) in [6, 6.07) is 14.4. The predicted octanol–water partition coefficient (Wildman–Crippen LogP) is 3.10. The van der Waals surface area contributed by atoms with E-state index in [1.807, 2.05) is 30.3 Å². The molecule has 2 aromatic carbocycles. The summed E-state index contributed by atoms with van der Waals surface area (Å²) >= 11 is 6.06. The Morgan fingerprint density at radius 1 is 1.11 bits per heavy atom. The van der Waals surface area contributed by atoms with Crippen LogP contribution in [0.25, 0.3) is 0 Å². The summed E-state index contributed by atoms with van der Waals surface area (Å²) < 4.78 is 13.2. The topological polar surface area (TPSA) is 38.0 Å². The van der Waals surface area contributed by atoms with E-state index in [-0.39, 0.29) is 11.9 Å². The third-order valence-corrected chi connectivity index (χ3v) is 3.40. The highest BCUT2D eigenvalue weighted by molar-refractivity contribution is 6.31. The number of hydrogen-bond acceptors (Lipinski definition) is 2. The molecule has 0 bridgehead atoms. The van der Waals surface area contributed by atoms with E-state index in [1.54, 1.807) is 6.07 Å². The van der Waals surface area contributed by atoms with Crippen molar-refractivity contribution in [1.29, 1.82) is 0 Å². The van der Waals surface area contributed by atoms with Crippen LogP contribution in [-0.2, 0) is 12.8 Å². The van der Waals surface area contributed by atoms with Crippen LogP contribution in [0.2, 0.25) is 5.02 Å². The summed E-state index contributed by atoms with van der Waals surface area (Å²) in [4.78, 5) is 0. The molecule has 0 aromatic heterocycles. The average Bonchev–Trinajstić information content (AvgIpc) is 2.43. The van der Waals surface area contributed by atoms with Crippen LogP contribution >= 0.6 is 11.6 Å². The molecular formula is C15H16ClFN2. The van der Waals surface area contributed by atoms with Gasteiger partial charge in [0, 0.05) is 11.1 Å². The lowest BCUT2D eigenvalue weighted by Gasteiger charge is -2.17. The fraction of sp³-hybridized carbons (Fsp3) is 0.200. The molecule has 0 aliphatic carbocycles. The molecule has 0 fully saturated rings. The quantitative estimate of drug-likeness (QED) is 0.651. The zero-order chi connectivity index (χ0) is 13.7. The van der Waals surface area contributed by atoms with Gasteiger partial charge in [-0.05, 0) is 42.2 Å². The number of hydrazine groups is 1. The molecule has 0 aliphatic heterocycles. The van der Waals surface area contributed by atoms with Crippen molar-refractivity contribution in [3.05, 3.63) is 70.5 Å². The van der Waals surface area contributed by atoms with Gasteiger partial charge < -0.3 is 0 Å². The van der Waals surface area contributed by atoms with E-state index >= 15 is 0 Å². The Bertz CT molecular complexity index is 531. The lowest BCUT2D eigenvalue weighted by Crippen LogP contribution is -2.38. The zero-order valence-corrected chi connectivity index (χ0v) is 11.2. The molecule has 0 radical (unpaired) electrons. The molecule has 0 aliphatic rings. The minimum atomic E-state index is -0.283. The lowest BCUT2D eigenvalue weighted by atomic mass is 9.99. The van der Waals surface area contributed by atoms with Gasteiger partial charge in [-0.25, -0.2) is 4.39 Å². The highest BCUT2D eigenvalue weighted by atomic mass is 35.5. The number of nitrogens with one attached hydrogen (secondary N) is 1. The van der Waals surface area contributed by atoms with Gasteiger partial charge in [-0.2, -0.15) is 0 Å². The monoisotopic (exact) mass is 278 g/mol. The number of benzene rings is 2. The Kier molecular flexibility index (Phi) is 4.91. The smallest absolute Gasteiger partial charge is 0.123 e. The second kappa shape index (κ2) is 6.66. The lowest BCUT2D eigenvalue weighted by molar-refractivity contribution is 0.520. The van der Waals surface area contributed by atoms with Crippen LogP contribution in [-0.4, -0.2) is 6.04 Å². The Morgan fingerprint density at radius 2 is 1.84 bits per heavy atom. The molecule has 0 heterocycles. The first-order valence-corrected chi connectivity index (χ1v) is 6.51. The summed E-state index contributed by atoms with van der Waals surface area (Å²) in [6.07, 6.45) is 1.35. The standard InChI is InChI=1S/C15H16ClFN2/c16-15-7-6-13(17)9-12(15)10-14(19-18)8-11-4-2-1-3-5-11/h1-7,9,14,19H,8,10,18H2. The molecule has 1 atom stereocenters. The largest absolute Gasteiger partial charge is 0.271 e. The normalized spacial score (nSPS) is 12.4. The van der Waals surface area contributed by atoms with Gasteiger partial charge in [0.1, 0.15) is 5.82 Å². The van der Waals surface area contributed by atoms with E-state index in [0.717, 1.165) is 12.0 Å². The summed E-state index contributed by atoms with van der Waals surface area (Å²) in [5.74, 6) is 5.29. The van der Waals surface area contributed by atoms with Crippen molar-refractivity contribution in [2.24, 2.45) is 5.84 Å². The van der Waals surface area contributed by atoms with Crippen LogP contribution in [0.4, 0.5) is 4.39 Å². The van der Waals surface area contributed by atoms with Gasteiger partial charge in [-0.15, -0.1) is 0 Å². The fourth-order valence-electron chi connectivity index (χ4n) is 2.05. The maximum absolute atomic E-state index is 13.2. The van der Waals surface area contributed by atoms with Gasteiger partial charge in [-0.1, -0.05) is 41.9 Å². The first-order valence-electron chi connectivity index (χ1n) is 6.13. The van der Waals surface area contributed by atoms with Crippen molar-refractivity contribution >= 4 is 11.6 Å². The van der Waals surface area contributed by atoms with E-state index in [1.165, 1.54) is 17.7 Å². The minimum absolute atomic E-state index is 0.0155. The summed E-state index contributed by atoms with van der Waals surface area (Å²) in [6.45, 7) is 0. The Hall–Kier alpha value is -1.42. The maximum atomic E-state index is 13.2. The highest BCUT2D eigenvalue weighted by Gasteiger charge is 2.11. The van der Waals surface area contributed by atoms with Crippen molar-refractivity contribution < 1.29 is 4.39 Å². The Balaban J connectivity index is 2.09. The van der Waals surface area contributed by atoms with Crippen LogP contribution in [0.1, 0.15) is 11.1 Å². The molecule has 19 heavy (non-hydrogen) atoms. The van der Waals surface area contributed by atoms with Crippen LogP contribution in [0.3, 0.4) is 0 Å². The molecule has 2 rings (SSSR count). The van der Waals surface area contributed by atoms with Crippen LogP contribution < -0.4 is 11.3 Å². The van der Waals surface area contributed by atoms with Crippen molar-refractivity contribution in [3.8, 4) is 0 Å². The molecular weight excluding hydrogens is 263 g/mol. The molecule has 0 saturated carbocycles. The number of hydrogen-bond donors (Lipinski definition) is 2. The number of nitrogens with two attached hydrogens (primary N) is 1. The van der Waals surface area contributed by atoms with E-state index in [9.17, 15) is 4.39 Å². The van der Waals surface area contributed by atoms with E-state index in [4.69, 9.17) is 17.4 Å². The van der Waals surface area contributed by atoms with Gasteiger partial charge in [0.05, 0.1) is 0 Å². The van der Waals surface area contributed by atoms with Gasteiger partial charge in [0.2, 0.25) is 0 Å². The van der Waals surface area contributed by atoms with Crippen molar-refractivity contribution in [2.75, 3.05) is 0 Å². The van der Waals surface area contributed by atoms with Crippen molar-refractivity contribution in [2.45, 2.75) is 18.9 Å². The second-order valence-corrected chi connectivity index (χ2v) is 4.90. The van der Waals surface area contributed by atoms with Crippen LogP contribution in [0.5, 0.6) is 0 Å². The van der Waals surface area contributed by atoms with Crippen molar-refractivity contribution in [3.63, 3.8) is 0 Å². The molecule has 3 N–H and O–H groups in total. The third kappa shape index (κ3) is 4.03. The van der Waals surface area contributed by atoms with Crippen molar-refractivity contribution in [1.82, 2.24) is 5.43 Å². The molecule has 0 saturated heterocycles. The highest BCUT2D eigenvalue weighted by Crippen LogP contribution is 2.19. The molecule has 0 spiro atoms. The molecule has 2 aromatic rings. The molecule has 1 unspecified atom stereocenters. The molecule has 100 valence electrons.